The van der Waals surface area contributed by atoms with Crippen LogP contribution in [0.2, 0.25) is 5.02 Å². The van der Waals surface area contributed by atoms with Gasteiger partial charge in [-0.25, -0.2) is 9.78 Å². The van der Waals surface area contributed by atoms with Gasteiger partial charge in [0.1, 0.15) is 4.88 Å². The number of aromatic nitrogens is 1. The Balaban J connectivity index is 2.12. The molecule has 0 atom stereocenters. The van der Waals surface area contributed by atoms with Gasteiger partial charge in [0.15, 0.2) is 5.13 Å². The number of nitrogens with zero attached hydrogens (tertiary/aromatic N) is 1. The Morgan fingerprint density at radius 3 is 2.65 bits per heavy atom. The van der Waals surface area contributed by atoms with Crippen LogP contribution >= 0.6 is 22.9 Å². The van der Waals surface area contributed by atoms with Gasteiger partial charge >= 0.3 is 12.1 Å². The number of amides is 1. The van der Waals surface area contributed by atoms with Crippen LogP contribution in [-0.4, -0.2) is 24.0 Å². The number of rotatable bonds is 4. The number of carbonyl (C=O) groups excluding carboxylic acids is 2. The van der Waals surface area contributed by atoms with E-state index in [1.807, 2.05) is 0 Å². The second-order valence-corrected chi connectivity index (χ2v) is 6.39. The molecule has 0 saturated heterocycles. The number of nitrogens with one attached hydrogen (secondary N) is 1. The third kappa shape index (κ3) is 4.83. The van der Waals surface area contributed by atoms with Gasteiger partial charge in [-0.05, 0) is 30.7 Å². The lowest BCUT2D eigenvalue weighted by molar-refractivity contribution is -0.137. The minimum absolute atomic E-state index is 0.155. The number of aryl methyl sites for hydroxylation is 1. The van der Waals surface area contributed by atoms with Crippen molar-refractivity contribution in [3.05, 3.63) is 51.0 Å². The highest BCUT2D eigenvalue weighted by Gasteiger charge is 2.33. The van der Waals surface area contributed by atoms with E-state index in [0.29, 0.717) is 5.69 Å². The number of thiazole rings is 1. The summed E-state index contributed by atoms with van der Waals surface area (Å²) in [5.74, 6) is -1.18. The molecular weight excluding hydrogens is 393 g/mol. The highest BCUT2D eigenvalue weighted by Crippen LogP contribution is 2.35. The molecule has 1 aromatic carbocycles. The van der Waals surface area contributed by atoms with Crippen LogP contribution in [-0.2, 0) is 15.7 Å². The largest absolute Gasteiger partial charge is 0.465 e. The lowest BCUT2D eigenvalue weighted by Gasteiger charge is -2.09. The summed E-state index contributed by atoms with van der Waals surface area (Å²) < 4.78 is 43.0. The van der Waals surface area contributed by atoms with Crippen molar-refractivity contribution in [1.82, 2.24) is 4.98 Å². The van der Waals surface area contributed by atoms with E-state index in [1.165, 1.54) is 19.3 Å². The van der Waals surface area contributed by atoms with Gasteiger partial charge in [-0.15, -0.1) is 0 Å². The van der Waals surface area contributed by atoms with E-state index >= 15 is 0 Å². The molecule has 1 heterocycles. The topological polar surface area (TPSA) is 68.3 Å². The normalized spacial score (nSPS) is 11.6. The van der Waals surface area contributed by atoms with E-state index in [4.69, 9.17) is 11.6 Å². The van der Waals surface area contributed by atoms with Gasteiger partial charge in [-0.3, -0.25) is 10.1 Å². The summed E-state index contributed by atoms with van der Waals surface area (Å²) in [5.41, 5.74) is -0.434. The predicted octanol–water partition coefficient (Wildman–Crippen LogP) is 4.56. The summed E-state index contributed by atoms with van der Waals surface area (Å²) >= 11 is 6.47. The molecule has 26 heavy (non-hydrogen) atoms. The van der Waals surface area contributed by atoms with Gasteiger partial charge in [0.2, 0.25) is 5.91 Å². The maximum absolute atomic E-state index is 12.8. The number of anilines is 1. The second kappa shape index (κ2) is 7.88. The van der Waals surface area contributed by atoms with Crippen LogP contribution in [0.4, 0.5) is 18.3 Å². The van der Waals surface area contributed by atoms with Crippen molar-refractivity contribution in [2.75, 3.05) is 12.4 Å². The van der Waals surface area contributed by atoms with Crippen molar-refractivity contribution in [1.29, 1.82) is 0 Å². The fraction of sp³-hybridized carbons (Fsp3) is 0.188. The van der Waals surface area contributed by atoms with Gasteiger partial charge in [0.25, 0.3) is 0 Å². The molecule has 5 nitrogen and oxygen atoms in total. The summed E-state index contributed by atoms with van der Waals surface area (Å²) in [6.07, 6.45) is -2.33. The SMILES string of the molecule is COC(=O)c1sc(NC(=O)/C=C/c2ccc(Cl)c(C(F)(F)F)c2)nc1C. The molecule has 1 N–H and O–H groups in total. The second-order valence-electron chi connectivity index (χ2n) is 4.98. The highest BCUT2D eigenvalue weighted by molar-refractivity contribution is 7.17. The van der Waals surface area contributed by atoms with E-state index in [0.717, 1.165) is 29.5 Å². The highest BCUT2D eigenvalue weighted by atomic mass is 35.5. The summed E-state index contributed by atoms with van der Waals surface area (Å²) in [5, 5.41) is 2.18. The molecule has 0 aliphatic rings. The molecule has 2 rings (SSSR count). The first-order valence-electron chi connectivity index (χ1n) is 7.03. The zero-order chi connectivity index (χ0) is 19.5. The van der Waals surface area contributed by atoms with Crippen LogP contribution in [0.25, 0.3) is 6.08 Å². The minimum Gasteiger partial charge on any atom is -0.465 e. The number of carbonyl (C=O) groups is 2. The Bertz CT molecular complexity index is 878. The summed E-state index contributed by atoms with van der Waals surface area (Å²) in [7, 11) is 1.23. The van der Waals surface area contributed by atoms with Crippen LogP contribution < -0.4 is 5.32 Å². The van der Waals surface area contributed by atoms with Crippen LogP contribution in [0.3, 0.4) is 0 Å². The number of ether oxygens (including phenoxy) is 1. The third-order valence-corrected chi connectivity index (χ3v) is 4.50. The molecule has 1 amide bonds. The molecule has 0 bridgehead atoms. The number of esters is 1. The van der Waals surface area contributed by atoms with E-state index in [-0.39, 0.29) is 15.6 Å². The molecule has 0 saturated carbocycles. The van der Waals surface area contributed by atoms with E-state index in [2.05, 4.69) is 15.0 Å². The number of hydrogen-bond donors (Lipinski definition) is 1. The van der Waals surface area contributed by atoms with Crippen molar-refractivity contribution in [2.45, 2.75) is 13.1 Å². The Hall–Kier alpha value is -2.39. The van der Waals surface area contributed by atoms with Crippen molar-refractivity contribution < 1.29 is 27.5 Å². The van der Waals surface area contributed by atoms with Crippen molar-refractivity contribution in [2.24, 2.45) is 0 Å². The molecule has 0 spiro atoms. The van der Waals surface area contributed by atoms with Gasteiger partial charge in [-0.2, -0.15) is 13.2 Å². The zero-order valence-electron chi connectivity index (χ0n) is 13.5. The fourth-order valence-electron chi connectivity index (χ4n) is 1.91. The molecule has 0 aliphatic carbocycles. The fourth-order valence-corrected chi connectivity index (χ4v) is 3.03. The predicted molar refractivity (Wildman–Crippen MR) is 92.3 cm³/mol. The Morgan fingerprint density at radius 2 is 2.04 bits per heavy atom. The molecule has 10 heteroatoms. The first kappa shape index (κ1) is 19.9. The smallest absolute Gasteiger partial charge is 0.417 e. The number of hydrogen-bond acceptors (Lipinski definition) is 5. The molecule has 1 aromatic heterocycles. The summed E-state index contributed by atoms with van der Waals surface area (Å²) in [4.78, 5) is 27.7. The standard InChI is InChI=1S/C16H12ClF3N2O3S/c1-8-13(14(24)25-2)26-15(21-8)22-12(23)6-4-9-3-5-11(17)10(7-9)16(18,19)20/h3-7H,1-2H3,(H,21,22,23)/b6-4+. The van der Waals surface area contributed by atoms with Crippen molar-refractivity contribution in [3.8, 4) is 0 Å². The average molecular weight is 405 g/mol. The lowest BCUT2D eigenvalue weighted by Crippen LogP contribution is -2.08. The van der Waals surface area contributed by atoms with Crippen LogP contribution in [0, 0.1) is 6.92 Å². The quantitative estimate of drug-likeness (QED) is 0.599. The van der Waals surface area contributed by atoms with Gasteiger partial charge in [0.05, 0.1) is 23.4 Å². The Kier molecular flexibility index (Phi) is 6.04. The Labute approximate surface area is 155 Å². The maximum Gasteiger partial charge on any atom is 0.417 e. The Morgan fingerprint density at radius 1 is 1.35 bits per heavy atom. The first-order valence-corrected chi connectivity index (χ1v) is 8.23. The lowest BCUT2D eigenvalue weighted by atomic mass is 10.1. The molecule has 138 valence electrons. The van der Waals surface area contributed by atoms with E-state index < -0.39 is 28.6 Å². The van der Waals surface area contributed by atoms with Gasteiger partial charge in [-0.1, -0.05) is 29.0 Å². The van der Waals surface area contributed by atoms with Crippen LogP contribution in [0.5, 0.6) is 0 Å². The van der Waals surface area contributed by atoms with E-state index in [1.54, 1.807) is 6.92 Å². The molecule has 2 aromatic rings. The summed E-state index contributed by atoms with van der Waals surface area (Å²) in [6.45, 7) is 1.58. The molecule has 0 aliphatic heterocycles. The number of benzene rings is 1. The van der Waals surface area contributed by atoms with Crippen molar-refractivity contribution in [3.63, 3.8) is 0 Å². The van der Waals surface area contributed by atoms with Crippen LogP contribution in [0.1, 0.15) is 26.5 Å². The number of alkyl halides is 3. The van der Waals surface area contributed by atoms with Crippen molar-refractivity contribution >= 4 is 46.0 Å². The number of halogens is 4. The van der Waals surface area contributed by atoms with E-state index in [9.17, 15) is 22.8 Å². The van der Waals surface area contributed by atoms with Gasteiger partial charge in [0, 0.05) is 6.08 Å². The maximum atomic E-state index is 12.8. The average Bonchev–Trinajstić information content (AvgIpc) is 2.92. The first-order chi connectivity index (χ1) is 12.1. The number of methoxy groups -OCH3 is 1. The molecule has 0 fully saturated rings. The van der Waals surface area contributed by atoms with Crippen LogP contribution in [0.15, 0.2) is 24.3 Å². The molecule has 0 radical (unpaired) electrons. The van der Waals surface area contributed by atoms with Gasteiger partial charge < -0.3 is 4.74 Å². The zero-order valence-corrected chi connectivity index (χ0v) is 15.1. The molecular formula is C16H12ClF3N2O3S. The summed E-state index contributed by atoms with van der Waals surface area (Å²) in [6, 6.07) is 3.30. The monoisotopic (exact) mass is 404 g/mol. The minimum atomic E-state index is -4.59. The third-order valence-electron chi connectivity index (χ3n) is 3.12. The molecule has 0 unspecified atom stereocenters.